The van der Waals surface area contributed by atoms with E-state index in [-0.39, 0.29) is 11.5 Å². The molecular formula is C17H23NO3. The third kappa shape index (κ3) is 4.59. The van der Waals surface area contributed by atoms with Crippen molar-refractivity contribution in [3.05, 3.63) is 29.3 Å². The number of aryl methyl sites for hydroxylation is 1. The summed E-state index contributed by atoms with van der Waals surface area (Å²) < 4.78 is 0. The summed E-state index contributed by atoms with van der Waals surface area (Å²) in [6.45, 7) is 1.87. The van der Waals surface area contributed by atoms with Crippen LogP contribution in [0.25, 0.3) is 0 Å². The van der Waals surface area contributed by atoms with E-state index in [1.165, 1.54) is 31.7 Å². The van der Waals surface area contributed by atoms with Crippen molar-refractivity contribution in [3.63, 3.8) is 0 Å². The van der Waals surface area contributed by atoms with Crippen LogP contribution in [0.15, 0.2) is 18.2 Å². The first-order chi connectivity index (χ1) is 10.1. The Morgan fingerprint density at radius 3 is 2.48 bits per heavy atom. The van der Waals surface area contributed by atoms with Gasteiger partial charge in [0.15, 0.2) is 0 Å². The van der Waals surface area contributed by atoms with Crippen LogP contribution >= 0.6 is 0 Å². The minimum absolute atomic E-state index is 0.00691. The summed E-state index contributed by atoms with van der Waals surface area (Å²) in [6.07, 6.45) is 7.77. The van der Waals surface area contributed by atoms with Gasteiger partial charge in [-0.2, -0.15) is 0 Å². The standard InChI is InChI=1S/C17H23NO3/c1-12-8-9-14(17(20)21)11-15(12)18-16(19)10-13-6-4-2-3-5-7-13/h8-9,11,13H,2-7,10H2,1H3,(H,18,19)(H,20,21). The second kappa shape index (κ2) is 7.25. The number of nitrogens with one attached hydrogen (secondary N) is 1. The average molecular weight is 289 g/mol. The molecule has 1 saturated carbocycles. The first kappa shape index (κ1) is 15.5. The molecule has 4 heteroatoms. The van der Waals surface area contributed by atoms with Crippen molar-refractivity contribution in [2.45, 2.75) is 51.9 Å². The number of carboxylic acids is 1. The van der Waals surface area contributed by atoms with E-state index in [2.05, 4.69) is 5.32 Å². The number of carbonyl (C=O) groups excluding carboxylic acids is 1. The molecule has 0 aromatic heterocycles. The fourth-order valence-electron chi connectivity index (χ4n) is 2.92. The van der Waals surface area contributed by atoms with Crippen LogP contribution in [0.5, 0.6) is 0 Å². The lowest BCUT2D eigenvalue weighted by Gasteiger charge is -2.15. The number of rotatable bonds is 4. The predicted molar refractivity (Wildman–Crippen MR) is 82.6 cm³/mol. The van der Waals surface area contributed by atoms with Crippen molar-refractivity contribution in [1.29, 1.82) is 0 Å². The molecule has 114 valence electrons. The van der Waals surface area contributed by atoms with Crippen LogP contribution in [-0.2, 0) is 4.79 Å². The third-order valence-electron chi connectivity index (χ3n) is 4.21. The number of benzene rings is 1. The lowest BCUT2D eigenvalue weighted by atomic mass is 9.96. The molecule has 0 atom stereocenters. The zero-order valence-electron chi connectivity index (χ0n) is 12.5. The van der Waals surface area contributed by atoms with Gasteiger partial charge in [-0.15, -0.1) is 0 Å². The Kier molecular flexibility index (Phi) is 5.37. The molecule has 1 fully saturated rings. The Morgan fingerprint density at radius 2 is 1.86 bits per heavy atom. The van der Waals surface area contributed by atoms with Gasteiger partial charge in [0.25, 0.3) is 0 Å². The number of hydrogen-bond donors (Lipinski definition) is 2. The van der Waals surface area contributed by atoms with Gasteiger partial charge in [-0.1, -0.05) is 31.7 Å². The highest BCUT2D eigenvalue weighted by molar-refractivity contribution is 5.94. The SMILES string of the molecule is Cc1ccc(C(=O)O)cc1NC(=O)CC1CCCCCC1. The minimum atomic E-state index is -0.978. The zero-order chi connectivity index (χ0) is 15.2. The minimum Gasteiger partial charge on any atom is -0.478 e. The molecule has 0 heterocycles. The fourth-order valence-corrected chi connectivity index (χ4v) is 2.92. The molecule has 1 aliphatic rings. The third-order valence-corrected chi connectivity index (χ3v) is 4.21. The van der Waals surface area contributed by atoms with Gasteiger partial charge in [0, 0.05) is 12.1 Å². The zero-order valence-corrected chi connectivity index (χ0v) is 12.5. The number of carbonyl (C=O) groups is 2. The van der Waals surface area contributed by atoms with Crippen molar-refractivity contribution in [3.8, 4) is 0 Å². The summed E-state index contributed by atoms with van der Waals surface area (Å²) >= 11 is 0. The number of anilines is 1. The van der Waals surface area contributed by atoms with E-state index < -0.39 is 5.97 Å². The fraction of sp³-hybridized carbons (Fsp3) is 0.529. The Morgan fingerprint density at radius 1 is 1.19 bits per heavy atom. The first-order valence-electron chi connectivity index (χ1n) is 7.70. The predicted octanol–water partition coefficient (Wildman–Crippen LogP) is 3.99. The number of hydrogen-bond acceptors (Lipinski definition) is 2. The van der Waals surface area contributed by atoms with Crippen molar-refractivity contribution in [2.24, 2.45) is 5.92 Å². The Bertz CT molecular complexity index is 517. The van der Waals surface area contributed by atoms with E-state index in [1.54, 1.807) is 12.1 Å². The van der Waals surface area contributed by atoms with Crippen molar-refractivity contribution in [1.82, 2.24) is 0 Å². The molecule has 0 saturated heterocycles. The lowest BCUT2D eigenvalue weighted by Crippen LogP contribution is -2.17. The van der Waals surface area contributed by atoms with Gasteiger partial charge in [0.05, 0.1) is 5.56 Å². The van der Waals surface area contributed by atoms with Crippen LogP contribution in [0.4, 0.5) is 5.69 Å². The molecule has 1 aromatic rings. The molecule has 1 aliphatic carbocycles. The molecule has 0 spiro atoms. The summed E-state index contributed by atoms with van der Waals surface area (Å²) in [7, 11) is 0. The van der Waals surface area contributed by atoms with E-state index in [4.69, 9.17) is 5.11 Å². The normalized spacial score (nSPS) is 16.2. The van der Waals surface area contributed by atoms with E-state index in [0.717, 1.165) is 18.4 Å². The second-order valence-corrected chi connectivity index (χ2v) is 5.94. The van der Waals surface area contributed by atoms with Crippen molar-refractivity contribution in [2.75, 3.05) is 5.32 Å². The van der Waals surface area contributed by atoms with Crippen LogP contribution in [0, 0.1) is 12.8 Å². The monoisotopic (exact) mass is 289 g/mol. The molecule has 21 heavy (non-hydrogen) atoms. The highest BCUT2D eigenvalue weighted by Gasteiger charge is 2.17. The molecule has 2 rings (SSSR count). The largest absolute Gasteiger partial charge is 0.478 e. The maximum absolute atomic E-state index is 12.2. The maximum Gasteiger partial charge on any atom is 0.335 e. The molecule has 1 amide bonds. The molecule has 0 unspecified atom stereocenters. The smallest absolute Gasteiger partial charge is 0.335 e. The Labute approximate surface area is 125 Å². The molecule has 1 aromatic carbocycles. The number of aromatic carboxylic acids is 1. The maximum atomic E-state index is 12.2. The average Bonchev–Trinajstić information content (AvgIpc) is 2.69. The van der Waals surface area contributed by atoms with Gasteiger partial charge in [-0.25, -0.2) is 4.79 Å². The summed E-state index contributed by atoms with van der Waals surface area (Å²) in [5.41, 5.74) is 1.69. The quantitative estimate of drug-likeness (QED) is 0.823. The van der Waals surface area contributed by atoms with Crippen LogP contribution < -0.4 is 5.32 Å². The molecule has 2 N–H and O–H groups in total. The van der Waals surface area contributed by atoms with E-state index in [0.29, 0.717) is 18.0 Å². The van der Waals surface area contributed by atoms with E-state index >= 15 is 0 Å². The molecular weight excluding hydrogens is 266 g/mol. The van der Waals surface area contributed by atoms with E-state index in [1.807, 2.05) is 6.92 Å². The molecule has 0 radical (unpaired) electrons. The van der Waals surface area contributed by atoms with E-state index in [9.17, 15) is 9.59 Å². The summed E-state index contributed by atoms with van der Waals surface area (Å²) in [4.78, 5) is 23.2. The topological polar surface area (TPSA) is 66.4 Å². The molecule has 0 aliphatic heterocycles. The van der Waals surface area contributed by atoms with Crippen LogP contribution in [0.1, 0.15) is 60.9 Å². The van der Waals surface area contributed by atoms with Crippen molar-refractivity contribution < 1.29 is 14.7 Å². The Hall–Kier alpha value is -1.84. The van der Waals surface area contributed by atoms with Crippen LogP contribution in [0.3, 0.4) is 0 Å². The van der Waals surface area contributed by atoms with Gasteiger partial charge in [-0.3, -0.25) is 4.79 Å². The van der Waals surface area contributed by atoms with Gasteiger partial charge >= 0.3 is 5.97 Å². The number of amides is 1. The van der Waals surface area contributed by atoms with Gasteiger partial charge in [0.1, 0.15) is 0 Å². The van der Waals surface area contributed by atoms with Gasteiger partial charge < -0.3 is 10.4 Å². The van der Waals surface area contributed by atoms with Crippen LogP contribution in [0.2, 0.25) is 0 Å². The second-order valence-electron chi connectivity index (χ2n) is 5.94. The highest BCUT2D eigenvalue weighted by Crippen LogP contribution is 2.26. The summed E-state index contributed by atoms with van der Waals surface area (Å²) in [5, 5.41) is 11.9. The van der Waals surface area contributed by atoms with Gasteiger partial charge in [-0.05, 0) is 43.4 Å². The lowest BCUT2D eigenvalue weighted by molar-refractivity contribution is -0.117. The first-order valence-corrected chi connectivity index (χ1v) is 7.70. The van der Waals surface area contributed by atoms with Gasteiger partial charge in [0.2, 0.25) is 5.91 Å². The molecule has 4 nitrogen and oxygen atoms in total. The number of carboxylic acid groups (broad SMARTS) is 1. The van der Waals surface area contributed by atoms with Crippen LogP contribution in [-0.4, -0.2) is 17.0 Å². The van der Waals surface area contributed by atoms with Crippen molar-refractivity contribution >= 4 is 17.6 Å². The Balaban J connectivity index is 1.98. The summed E-state index contributed by atoms with van der Waals surface area (Å²) in [6, 6.07) is 4.81. The summed E-state index contributed by atoms with van der Waals surface area (Å²) in [5.74, 6) is -0.516. The highest BCUT2D eigenvalue weighted by atomic mass is 16.4. The molecule has 0 bridgehead atoms.